The van der Waals surface area contributed by atoms with Crippen molar-refractivity contribution in [3.05, 3.63) is 83.3 Å². The molecule has 1 N–H and O–H groups in total. The molecule has 1 fully saturated rings. The smallest absolute Gasteiger partial charge is 0.270 e. The normalized spacial score (nSPS) is 14.0. The minimum Gasteiger partial charge on any atom is -0.366 e. The molecule has 1 aliphatic heterocycles. The maximum atomic E-state index is 14.5. The summed E-state index contributed by atoms with van der Waals surface area (Å²) in [4.78, 5) is 19.6. The lowest BCUT2D eigenvalue weighted by atomic mass is 10.0. The zero-order valence-corrected chi connectivity index (χ0v) is 18.1. The Morgan fingerprint density at radius 1 is 1.03 bits per heavy atom. The number of rotatable bonds is 4. The molecule has 4 aromatic rings. The van der Waals surface area contributed by atoms with Gasteiger partial charge < -0.3 is 19.3 Å². The van der Waals surface area contributed by atoms with Crippen LogP contribution in [0.15, 0.2) is 65.4 Å². The van der Waals surface area contributed by atoms with E-state index in [4.69, 9.17) is 16.1 Å². The summed E-state index contributed by atoms with van der Waals surface area (Å²) in [6.07, 6.45) is 3.04. The topological polar surface area (TPSA) is 65.4 Å². The number of carbonyl (C=O) groups is 1. The Morgan fingerprint density at radius 2 is 1.82 bits per heavy atom. The van der Waals surface area contributed by atoms with Crippen LogP contribution in [0, 0.1) is 11.6 Å². The zero-order valence-electron chi connectivity index (χ0n) is 17.4. The van der Waals surface area contributed by atoms with E-state index in [1.165, 1.54) is 18.3 Å². The van der Waals surface area contributed by atoms with Crippen molar-refractivity contribution in [2.24, 2.45) is 0 Å². The van der Waals surface area contributed by atoms with Crippen LogP contribution in [0.25, 0.3) is 22.5 Å². The Balaban J connectivity index is 1.32. The lowest BCUT2D eigenvalue weighted by Crippen LogP contribution is -2.49. The third kappa shape index (κ3) is 3.98. The van der Waals surface area contributed by atoms with Crippen LogP contribution in [-0.2, 0) is 0 Å². The number of H-pyrrole nitrogens is 1. The molecule has 33 heavy (non-hydrogen) atoms. The largest absolute Gasteiger partial charge is 0.366 e. The van der Waals surface area contributed by atoms with Crippen molar-refractivity contribution in [2.45, 2.75) is 0 Å². The Kier molecular flexibility index (Phi) is 5.60. The first kappa shape index (κ1) is 21.2. The van der Waals surface area contributed by atoms with Crippen molar-refractivity contribution in [3.63, 3.8) is 0 Å². The number of amides is 1. The third-order valence-electron chi connectivity index (χ3n) is 5.75. The Hall–Kier alpha value is -3.65. The molecule has 3 heterocycles. The first-order chi connectivity index (χ1) is 16.0. The second-order valence-corrected chi connectivity index (χ2v) is 8.11. The monoisotopic (exact) mass is 468 g/mol. The molecule has 5 rings (SSSR count). The van der Waals surface area contributed by atoms with Crippen molar-refractivity contribution < 1.29 is 18.1 Å². The SMILES string of the molecule is O=C(c1cc(-c2oncc2-c2cccc(Cl)c2F)c[nH]1)N1CCN(c2ccccc2F)CC1. The van der Waals surface area contributed by atoms with Gasteiger partial charge in [0.15, 0.2) is 5.76 Å². The number of aromatic nitrogens is 2. The molecule has 0 atom stereocenters. The van der Waals surface area contributed by atoms with E-state index >= 15 is 0 Å². The highest BCUT2D eigenvalue weighted by molar-refractivity contribution is 6.31. The molecule has 1 saturated heterocycles. The van der Waals surface area contributed by atoms with Gasteiger partial charge in [-0.3, -0.25) is 4.79 Å². The molecule has 0 saturated carbocycles. The molecular formula is C24H19ClF2N4O2. The summed E-state index contributed by atoms with van der Waals surface area (Å²) in [5.74, 6) is -0.686. The van der Waals surface area contributed by atoms with Crippen LogP contribution < -0.4 is 4.90 Å². The summed E-state index contributed by atoms with van der Waals surface area (Å²) < 4.78 is 33.9. The van der Waals surface area contributed by atoms with E-state index < -0.39 is 5.82 Å². The lowest BCUT2D eigenvalue weighted by molar-refractivity contribution is 0.0741. The predicted octanol–water partition coefficient (Wildman–Crippen LogP) is 5.23. The van der Waals surface area contributed by atoms with Gasteiger partial charge >= 0.3 is 0 Å². The average Bonchev–Trinajstić information content (AvgIpc) is 3.51. The van der Waals surface area contributed by atoms with Crippen LogP contribution in [0.3, 0.4) is 0 Å². The highest BCUT2D eigenvalue weighted by Gasteiger charge is 2.25. The average molecular weight is 469 g/mol. The van der Waals surface area contributed by atoms with Gasteiger partial charge in [-0.2, -0.15) is 0 Å². The number of hydrogen-bond donors (Lipinski definition) is 1. The number of hydrogen-bond acceptors (Lipinski definition) is 4. The van der Waals surface area contributed by atoms with Gasteiger partial charge in [-0.25, -0.2) is 8.78 Å². The number of piperazine rings is 1. The van der Waals surface area contributed by atoms with Gasteiger partial charge in [0.05, 0.1) is 22.5 Å². The van der Waals surface area contributed by atoms with E-state index in [0.29, 0.717) is 54.4 Å². The van der Waals surface area contributed by atoms with Crippen molar-refractivity contribution in [3.8, 4) is 22.5 Å². The van der Waals surface area contributed by atoms with Crippen molar-refractivity contribution >= 4 is 23.2 Å². The number of benzene rings is 2. The fourth-order valence-electron chi connectivity index (χ4n) is 4.03. The molecule has 0 unspecified atom stereocenters. The quantitative estimate of drug-likeness (QED) is 0.445. The summed E-state index contributed by atoms with van der Waals surface area (Å²) in [5, 5.41) is 3.80. The number of halogens is 3. The maximum absolute atomic E-state index is 14.5. The van der Waals surface area contributed by atoms with Crippen molar-refractivity contribution in [1.29, 1.82) is 0 Å². The van der Waals surface area contributed by atoms with Crippen LogP contribution in [-0.4, -0.2) is 47.1 Å². The third-order valence-corrected chi connectivity index (χ3v) is 6.04. The summed E-state index contributed by atoms with van der Waals surface area (Å²) in [6.45, 7) is 1.98. The van der Waals surface area contributed by atoms with Crippen molar-refractivity contribution in [2.75, 3.05) is 31.1 Å². The summed E-state index contributed by atoms with van der Waals surface area (Å²) in [7, 11) is 0. The molecule has 1 aliphatic rings. The lowest BCUT2D eigenvalue weighted by Gasteiger charge is -2.36. The number of aromatic amines is 1. The number of nitrogens with zero attached hydrogens (tertiary/aromatic N) is 3. The fourth-order valence-corrected chi connectivity index (χ4v) is 4.20. The van der Waals surface area contributed by atoms with Crippen LogP contribution in [0.4, 0.5) is 14.5 Å². The first-order valence-corrected chi connectivity index (χ1v) is 10.8. The molecule has 168 valence electrons. The van der Waals surface area contributed by atoms with E-state index in [-0.39, 0.29) is 22.3 Å². The second-order valence-electron chi connectivity index (χ2n) is 7.70. The molecule has 0 bridgehead atoms. The van der Waals surface area contributed by atoms with Crippen LogP contribution >= 0.6 is 11.6 Å². The molecular weight excluding hydrogens is 450 g/mol. The molecule has 9 heteroatoms. The first-order valence-electron chi connectivity index (χ1n) is 10.4. The van der Waals surface area contributed by atoms with Gasteiger partial charge in [-0.05, 0) is 24.3 Å². The van der Waals surface area contributed by atoms with E-state index in [2.05, 4.69) is 10.1 Å². The molecule has 0 aliphatic carbocycles. The molecule has 0 radical (unpaired) electrons. The van der Waals surface area contributed by atoms with Crippen LogP contribution in [0.5, 0.6) is 0 Å². The molecule has 6 nitrogen and oxygen atoms in total. The summed E-state index contributed by atoms with van der Waals surface area (Å²) in [6, 6.07) is 13.0. The summed E-state index contributed by atoms with van der Waals surface area (Å²) in [5.41, 5.74) is 2.18. The number of anilines is 1. The van der Waals surface area contributed by atoms with Gasteiger partial charge in [0.2, 0.25) is 0 Å². The van der Waals surface area contributed by atoms with Crippen LogP contribution in [0.2, 0.25) is 5.02 Å². The molecule has 0 spiro atoms. The number of nitrogens with one attached hydrogen (secondary N) is 1. The van der Waals surface area contributed by atoms with Gasteiger partial charge in [0.25, 0.3) is 5.91 Å². The minimum atomic E-state index is -0.567. The molecule has 2 aromatic carbocycles. The van der Waals surface area contributed by atoms with E-state index in [1.807, 2.05) is 4.90 Å². The Labute approximate surface area is 193 Å². The highest BCUT2D eigenvalue weighted by Crippen LogP contribution is 2.35. The minimum absolute atomic E-state index is 0.000822. The maximum Gasteiger partial charge on any atom is 0.270 e. The van der Waals surface area contributed by atoms with Crippen molar-refractivity contribution in [1.82, 2.24) is 15.0 Å². The summed E-state index contributed by atoms with van der Waals surface area (Å²) >= 11 is 5.91. The Bertz CT molecular complexity index is 1310. The second kappa shape index (κ2) is 8.71. The van der Waals surface area contributed by atoms with Gasteiger partial charge in [0.1, 0.15) is 17.3 Å². The van der Waals surface area contributed by atoms with Gasteiger partial charge in [-0.15, -0.1) is 0 Å². The fraction of sp³-hybridized carbons (Fsp3) is 0.167. The van der Waals surface area contributed by atoms with Crippen LogP contribution in [0.1, 0.15) is 10.5 Å². The highest BCUT2D eigenvalue weighted by atomic mass is 35.5. The molecule has 1 amide bonds. The predicted molar refractivity (Wildman–Crippen MR) is 121 cm³/mol. The molecule has 2 aromatic heterocycles. The van der Waals surface area contributed by atoms with Gasteiger partial charge in [0, 0.05) is 43.5 Å². The standard InChI is InChI=1S/C24H19ClF2N4O2/c25-18-5-3-4-16(22(18)27)17-14-29-33-23(17)15-12-20(28-13-15)24(32)31-10-8-30(9-11-31)21-7-2-1-6-19(21)26/h1-7,12-14,28H,8-11H2. The Morgan fingerprint density at radius 3 is 2.61 bits per heavy atom. The number of para-hydroxylation sites is 1. The van der Waals surface area contributed by atoms with Gasteiger partial charge in [-0.1, -0.05) is 41.0 Å². The number of carbonyl (C=O) groups excluding carboxylic acids is 1. The van der Waals surface area contributed by atoms with E-state index in [0.717, 1.165) is 0 Å². The van der Waals surface area contributed by atoms with E-state index in [1.54, 1.807) is 47.5 Å². The zero-order chi connectivity index (χ0) is 22.9. The van der Waals surface area contributed by atoms with E-state index in [9.17, 15) is 13.6 Å².